The van der Waals surface area contributed by atoms with Gasteiger partial charge in [0.25, 0.3) is 0 Å². The summed E-state index contributed by atoms with van der Waals surface area (Å²) in [6.07, 6.45) is 10.8. The second-order valence-electron chi connectivity index (χ2n) is 5.96. The van der Waals surface area contributed by atoms with Crippen LogP contribution in [0.25, 0.3) is 5.82 Å². The number of nitrogens with one attached hydrogen (secondary N) is 1. The van der Waals surface area contributed by atoms with Crippen LogP contribution in [0.3, 0.4) is 0 Å². The minimum absolute atomic E-state index is 0.531. The molecular formula is C16H21N5. The van der Waals surface area contributed by atoms with Crippen LogP contribution in [-0.4, -0.2) is 44.8 Å². The first-order valence-electron chi connectivity index (χ1n) is 7.87. The van der Waals surface area contributed by atoms with Crippen molar-refractivity contribution >= 4 is 5.69 Å². The molecule has 0 amide bonds. The zero-order valence-corrected chi connectivity index (χ0v) is 12.2. The molecule has 2 saturated heterocycles. The maximum atomic E-state index is 4.49. The molecule has 2 aromatic rings. The van der Waals surface area contributed by atoms with Gasteiger partial charge in [0.1, 0.15) is 0 Å². The molecule has 2 unspecified atom stereocenters. The first kappa shape index (κ1) is 12.8. The SMILES string of the molecule is c1cnc(-n2cccn2)c(NC2CCN3CCCCC23)c1. The highest BCUT2D eigenvalue weighted by molar-refractivity contribution is 5.57. The number of anilines is 1. The largest absolute Gasteiger partial charge is 0.378 e. The number of hydrogen-bond acceptors (Lipinski definition) is 4. The van der Waals surface area contributed by atoms with Crippen molar-refractivity contribution in [1.29, 1.82) is 0 Å². The number of rotatable bonds is 3. The molecule has 4 rings (SSSR count). The number of nitrogens with zero attached hydrogens (tertiary/aromatic N) is 4. The molecule has 0 spiro atoms. The van der Waals surface area contributed by atoms with Gasteiger partial charge in [-0.1, -0.05) is 6.42 Å². The van der Waals surface area contributed by atoms with Crippen molar-refractivity contribution in [3.63, 3.8) is 0 Å². The Labute approximate surface area is 125 Å². The van der Waals surface area contributed by atoms with E-state index in [9.17, 15) is 0 Å². The normalized spacial score (nSPS) is 25.7. The molecule has 1 N–H and O–H groups in total. The molecule has 2 aliphatic rings. The van der Waals surface area contributed by atoms with Crippen molar-refractivity contribution in [2.24, 2.45) is 0 Å². The van der Waals surface area contributed by atoms with Crippen molar-refractivity contribution in [2.75, 3.05) is 18.4 Å². The summed E-state index contributed by atoms with van der Waals surface area (Å²) < 4.78 is 1.83. The average molecular weight is 283 g/mol. The van der Waals surface area contributed by atoms with Crippen LogP contribution in [-0.2, 0) is 0 Å². The van der Waals surface area contributed by atoms with Crippen LogP contribution in [0.15, 0.2) is 36.8 Å². The quantitative estimate of drug-likeness (QED) is 0.939. The van der Waals surface area contributed by atoms with Gasteiger partial charge in [0, 0.05) is 37.2 Å². The summed E-state index contributed by atoms with van der Waals surface area (Å²) in [6, 6.07) is 7.24. The van der Waals surface area contributed by atoms with Crippen molar-refractivity contribution in [3.8, 4) is 5.82 Å². The first-order valence-corrected chi connectivity index (χ1v) is 7.87. The molecular weight excluding hydrogens is 262 g/mol. The monoisotopic (exact) mass is 283 g/mol. The van der Waals surface area contributed by atoms with Gasteiger partial charge in [-0.15, -0.1) is 0 Å². The smallest absolute Gasteiger partial charge is 0.176 e. The molecule has 2 fully saturated rings. The standard InChI is InChI=1S/C16H21N5/c1-2-10-20-12-7-13(15(20)6-1)19-14-5-3-8-17-16(14)21-11-4-9-18-21/h3-5,8-9,11,13,15,19H,1-2,6-7,10,12H2. The van der Waals surface area contributed by atoms with Gasteiger partial charge in [-0.05, 0) is 44.0 Å². The Morgan fingerprint density at radius 1 is 1.10 bits per heavy atom. The third-order valence-corrected chi connectivity index (χ3v) is 4.71. The Morgan fingerprint density at radius 2 is 2.10 bits per heavy atom. The molecule has 4 heterocycles. The van der Waals surface area contributed by atoms with Gasteiger partial charge in [0.05, 0.1) is 5.69 Å². The first-order chi connectivity index (χ1) is 10.4. The van der Waals surface area contributed by atoms with Crippen molar-refractivity contribution < 1.29 is 0 Å². The number of hydrogen-bond donors (Lipinski definition) is 1. The van der Waals surface area contributed by atoms with E-state index in [0.29, 0.717) is 12.1 Å². The highest BCUT2D eigenvalue weighted by atomic mass is 15.3. The number of aromatic nitrogens is 3. The van der Waals surface area contributed by atoms with Crippen molar-refractivity contribution in [3.05, 3.63) is 36.8 Å². The molecule has 2 atom stereocenters. The highest BCUT2D eigenvalue weighted by Crippen LogP contribution is 2.30. The van der Waals surface area contributed by atoms with Gasteiger partial charge in [-0.25, -0.2) is 9.67 Å². The topological polar surface area (TPSA) is 46.0 Å². The molecule has 0 saturated carbocycles. The second-order valence-corrected chi connectivity index (χ2v) is 5.96. The molecule has 2 aliphatic heterocycles. The third kappa shape index (κ3) is 2.42. The fourth-order valence-electron chi connectivity index (χ4n) is 3.70. The predicted octanol–water partition coefficient (Wildman–Crippen LogP) is 2.31. The van der Waals surface area contributed by atoms with Gasteiger partial charge in [-0.2, -0.15) is 5.10 Å². The van der Waals surface area contributed by atoms with Crippen LogP contribution in [0, 0.1) is 0 Å². The average Bonchev–Trinajstić information content (AvgIpc) is 3.18. The maximum Gasteiger partial charge on any atom is 0.176 e. The lowest BCUT2D eigenvalue weighted by atomic mass is 9.99. The second kappa shape index (κ2) is 5.48. The Balaban J connectivity index is 1.58. The number of fused-ring (bicyclic) bond motifs is 1. The van der Waals surface area contributed by atoms with Gasteiger partial charge < -0.3 is 5.32 Å². The predicted molar refractivity (Wildman–Crippen MR) is 82.6 cm³/mol. The van der Waals surface area contributed by atoms with E-state index < -0.39 is 0 Å². The summed E-state index contributed by atoms with van der Waals surface area (Å²) in [5.74, 6) is 0.886. The van der Waals surface area contributed by atoms with Gasteiger partial charge >= 0.3 is 0 Å². The Kier molecular flexibility index (Phi) is 3.35. The van der Waals surface area contributed by atoms with E-state index in [0.717, 1.165) is 11.5 Å². The van der Waals surface area contributed by atoms with Gasteiger partial charge in [0.2, 0.25) is 0 Å². The van der Waals surface area contributed by atoms with Gasteiger partial charge in [-0.3, -0.25) is 4.90 Å². The minimum Gasteiger partial charge on any atom is -0.378 e. The summed E-state index contributed by atoms with van der Waals surface area (Å²) >= 11 is 0. The van der Waals surface area contributed by atoms with Crippen LogP contribution in [0.2, 0.25) is 0 Å². The van der Waals surface area contributed by atoms with Crippen LogP contribution in [0.4, 0.5) is 5.69 Å². The molecule has 0 aromatic carbocycles. The third-order valence-electron chi connectivity index (χ3n) is 4.71. The van der Waals surface area contributed by atoms with E-state index in [1.807, 2.05) is 29.2 Å². The van der Waals surface area contributed by atoms with E-state index in [-0.39, 0.29) is 0 Å². The van der Waals surface area contributed by atoms with Gasteiger partial charge in [0.15, 0.2) is 5.82 Å². The van der Waals surface area contributed by atoms with E-state index in [1.165, 1.54) is 38.8 Å². The molecule has 5 nitrogen and oxygen atoms in total. The van der Waals surface area contributed by atoms with Crippen molar-refractivity contribution in [2.45, 2.75) is 37.8 Å². The summed E-state index contributed by atoms with van der Waals surface area (Å²) in [5.41, 5.74) is 1.08. The van der Waals surface area contributed by atoms with Crippen LogP contribution in [0.1, 0.15) is 25.7 Å². The van der Waals surface area contributed by atoms with Crippen LogP contribution >= 0.6 is 0 Å². The van der Waals surface area contributed by atoms with E-state index in [4.69, 9.17) is 0 Å². The molecule has 2 aromatic heterocycles. The molecule has 0 aliphatic carbocycles. The van der Waals surface area contributed by atoms with Crippen LogP contribution < -0.4 is 5.32 Å². The molecule has 0 radical (unpaired) electrons. The Morgan fingerprint density at radius 3 is 3.00 bits per heavy atom. The Hall–Kier alpha value is -1.88. The van der Waals surface area contributed by atoms with Crippen LogP contribution in [0.5, 0.6) is 0 Å². The zero-order chi connectivity index (χ0) is 14.1. The number of piperidine rings is 1. The summed E-state index contributed by atoms with van der Waals surface area (Å²) in [4.78, 5) is 7.14. The van der Waals surface area contributed by atoms with E-state index >= 15 is 0 Å². The molecule has 5 heteroatoms. The van der Waals surface area contributed by atoms with E-state index in [1.54, 1.807) is 6.20 Å². The molecule has 110 valence electrons. The minimum atomic E-state index is 0.531. The lowest BCUT2D eigenvalue weighted by Gasteiger charge is -2.33. The van der Waals surface area contributed by atoms with Crippen molar-refractivity contribution in [1.82, 2.24) is 19.7 Å². The Bertz CT molecular complexity index is 594. The van der Waals surface area contributed by atoms with E-state index in [2.05, 4.69) is 26.4 Å². The molecule has 0 bridgehead atoms. The lowest BCUT2D eigenvalue weighted by Crippen LogP contribution is -2.41. The summed E-state index contributed by atoms with van der Waals surface area (Å²) in [6.45, 7) is 2.49. The number of pyridine rings is 1. The highest BCUT2D eigenvalue weighted by Gasteiger charge is 2.35. The lowest BCUT2D eigenvalue weighted by molar-refractivity contribution is 0.193. The maximum absolute atomic E-state index is 4.49. The summed E-state index contributed by atoms with van der Waals surface area (Å²) in [7, 11) is 0. The summed E-state index contributed by atoms with van der Waals surface area (Å²) in [5, 5.41) is 8.04. The fourth-order valence-corrected chi connectivity index (χ4v) is 3.70. The molecule has 21 heavy (non-hydrogen) atoms. The fraction of sp³-hybridized carbons (Fsp3) is 0.500. The zero-order valence-electron chi connectivity index (χ0n) is 12.2.